The normalized spacial score (nSPS) is 14.4. The first-order chi connectivity index (χ1) is 10.3. The molecular weight excluding hydrogens is 308 g/mol. The van der Waals surface area contributed by atoms with Crippen LogP contribution in [-0.4, -0.2) is 50.5 Å². The number of benzene rings is 1. The quantitative estimate of drug-likeness (QED) is 0.914. The highest BCUT2D eigenvalue weighted by atomic mass is 35.5. The summed E-state index contributed by atoms with van der Waals surface area (Å²) in [6.07, 6.45) is 0. The zero-order chi connectivity index (χ0) is 14.7. The Balaban J connectivity index is 0.00000176. The van der Waals surface area contributed by atoms with Crippen molar-refractivity contribution in [3.8, 4) is 22.9 Å². The molecule has 0 spiro atoms. The van der Waals surface area contributed by atoms with Gasteiger partial charge in [0.05, 0.1) is 14.2 Å². The van der Waals surface area contributed by atoms with Crippen molar-refractivity contribution >= 4 is 18.4 Å². The lowest BCUT2D eigenvalue weighted by Gasteiger charge is -2.24. The fourth-order valence-corrected chi connectivity index (χ4v) is 2.29. The van der Waals surface area contributed by atoms with Gasteiger partial charge in [0.25, 0.3) is 0 Å². The van der Waals surface area contributed by atoms with Crippen molar-refractivity contribution in [2.75, 3.05) is 45.3 Å². The van der Waals surface area contributed by atoms with Gasteiger partial charge in [0.1, 0.15) is 0 Å². The monoisotopic (exact) mass is 326 g/mol. The first-order valence-corrected chi connectivity index (χ1v) is 6.83. The molecule has 1 fully saturated rings. The van der Waals surface area contributed by atoms with Crippen LogP contribution in [0, 0.1) is 0 Å². The zero-order valence-corrected chi connectivity index (χ0v) is 13.4. The minimum atomic E-state index is 0. The van der Waals surface area contributed by atoms with E-state index in [9.17, 15) is 0 Å². The Bertz CT molecular complexity index is 614. The summed E-state index contributed by atoms with van der Waals surface area (Å²) < 4.78 is 15.9. The Morgan fingerprint density at radius 2 is 1.86 bits per heavy atom. The minimum Gasteiger partial charge on any atom is -0.493 e. The molecule has 1 N–H and O–H groups in total. The van der Waals surface area contributed by atoms with Crippen LogP contribution in [0.1, 0.15) is 0 Å². The molecule has 1 aromatic carbocycles. The van der Waals surface area contributed by atoms with E-state index in [0.29, 0.717) is 23.3 Å². The van der Waals surface area contributed by atoms with Crippen LogP contribution in [0.5, 0.6) is 11.5 Å². The number of piperazine rings is 1. The molecular formula is C14H19ClN4O3. The average molecular weight is 327 g/mol. The third kappa shape index (κ3) is 3.26. The van der Waals surface area contributed by atoms with Gasteiger partial charge in [-0.05, 0) is 18.2 Å². The van der Waals surface area contributed by atoms with Crippen molar-refractivity contribution in [3.05, 3.63) is 18.2 Å². The lowest BCUT2D eigenvalue weighted by molar-refractivity contribution is 0.355. The predicted molar refractivity (Wildman–Crippen MR) is 85.2 cm³/mol. The molecule has 1 aromatic heterocycles. The molecule has 2 aromatic rings. The highest BCUT2D eigenvalue weighted by molar-refractivity contribution is 5.85. The summed E-state index contributed by atoms with van der Waals surface area (Å²) in [5, 5.41) is 7.34. The molecule has 7 nitrogen and oxygen atoms in total. The second-order valence-corrected chi connectivity index (χ2v) is 4.71. The van der Waals surface area contributed by atoms with Gasteiger partial charge in [0.2, 0.25) is 5.82 Å². The van der Waals surface area contributed by atoms with E-state index in [4.69, 9.17) is 14.0 Å². The van der Waals surface area contributed by atoms with Gasteiger partial charge in [-0.1, -0.05) is 5.16 Å². The third-order valence-corrected chi connectivity index (χ3v) is 3.44. The molecule has 1 aliphatic rings. The fourth-order valence-electron chi connectivity index (χ4n) is 2.29. The largest absolute Gasteiger partial charge is 0.493 e. The van der Waals surface area contributed by atoms with Gasteiger partial charge in [-0.3, -0.25) is 0 Å². The van der Waals surface area contributed by atoms with Gasteiger partial charge in [0.15, 0.2) is 11.5 Å². The average Bonchev–Trinajstić information content (AvgIpc) is 3.05. The van der Waals surface area contributed by atoms with E-state index in [0.717, 1.165) is 31.7 Å². The second-order valence-electron chi connectivity index (χ2n) is 4.71. The van der Waals surface area contributed by atoms with Gasteiger partial charge in [0, 0.05) is 31.7 Å². The maximum Gasteiger partial charge on any atom is 0.324 e. The zero-order valence-electron chi connectivity index (χ0n) is 12.5. The lowest BCUT2D eigenvalue weighted by atomic mass is 10.2. The van der Waals surface area contributed by atoms with Crippen LogP contribution in [0.15, 0.2) is 22.7 Å². The highest BCUT2D eigenvalue weighted by Crippen LogP contribution is 2.31. The van der Waals surface area contributed by atoms with Gasteiger partial charge >= 0.3 is 6.01 Å². The molecule has 22 heavy (non-hydrogen) atoms. The van der Waals surface area contributed by atoms with E-state index < -0.39 is 0 Å². The first kappa shape index (κ1) is 16.4. The smallest absolute Gasteiger partial charge is 0.324 e. The van der Waals surface area contributed by atoms with Crippen molar-refractivity contribution in [1.82, 2.24) is 15.5 Å². The van der Waals surface area contributed by atoms with E-state index in [1.807, 2.05) is 18.2 Å². The first-order valence-electron chi connectivity index (χ1n) is 6.83. The Morgan fingerprint density at radius 1 is 1.14 bits per heavy atom. The molecule has 0 bridgehead atoms. The summed E-state index contributed by atoms with van der Waals surface area (Å²) in [7, 11) is 3.21. The van der Waals surface area contributed by atoms with Crippen molar-refractivity contribution < 1.29 is 14.0 Å². The molecule has 3 rings (SSSR count). The van der Waals surface area contributed by atoms with Crippen molar-refractivity contribution in [3.63, 3.8) is 0 Å². The summed E-state index contributed by atoms with van der Waals surface area (Å²) in [6.45, 7) is 3.59. The number of halogens is 1. The molecule has 0 atom stereocenters. The number of ether oxygens (including phenoxy) is 2. The van der Waals surface area contributed by atoms with Gasteiger partial charge in [-0.2, -0.15) is 4.98 Å². The van der Waals surface area contributed by atoms with E-state index in [-0.39, 0.29) is 12.4 Å². The van der Waals surface area contributed by atoms with Crippen LogP contribution in [-0.2, 0) is 0 Å². The Hall–Kier alpha value is -1.99. The van der Waals surface area contributed by atoms with Gasteiger partial charge in [-0.25, -0.2) is 0 Å². The van der Waals surface area contributed by atoms with E-state index in [2.05, 4.69) is 20.4 Å². The number of nitrogens with zero attached hydrogens (tertiary/aromatic N) is 3. The molecule has 2 heterocycles. The maximum atomic E-state index is 5.35. The topological polar surface area (TPSA) is 72.7 Å². The van der Waals surface area contributed by atoms with Crippen molar-refractivity contribution in [1.29, 1.82) is 0 Å². The lowest BCUT2D eigenvalue weighted by Crippen LogP contribution is -2.43. The minimum absolute atomic E-state index is 0. The summed E-state index contributed by atoms with van der Waals surface area (Å²) in [5.74, 6) is 1.86. The van der Waals surface area contributed by atoms with Crippen molar-refractivity contribution in [2.24, 2.45) is 0 Å². The number of hydrogen-bond acceptors (Lipinski definition) is 7. The molecule has 1 aliphatic heterocycles. The standard InChI is InChI=1S/C14H18N4O3.ClH/c1-19-11-4-3-10(9-12(11)20-2)13-16-14(21-17-13)18-7-5-15-6-8-18;/h3-4,9,15H,5-8H2,1-2H3;1H. The number of hydrogen-bond donors (Lipinski definition) is 1. The number of methoxy groups -OCH3 is 2. The number of rotatable bonds is 4. The highest BCUT2D eigenvalue weighted by Gasteiger charge is 2.18. The van der Waals surface area contributed by atoms with Crippen LogP contribution in [0.25, 0.3) is 11.4 Å². The molecule has 1 saturated heterocycles. The summed E-state index contributed by atoms with van der Waals surface area (Å²) in [4.78, 5) is 6.54. The number of aromatic nitrogens is 2. The molecule has 120 valence electrons. The van der Waals surface area contributed by atoms with Crippen LogP contribution < -0.4 is 19.7 Å². The summed E-state index contributed by atoms with van der Waals surface area (Å²) in [5.41, 5.74) is 0.831. The Labute approximate surface area is 135 Å². The van der Waals surface area contributed by atoms with Crippen LogP contribution in [0.2, 0.25) is 0 Å². The molecule has 0 radical (unpaired) electrons. The molecule has 0 unspecified atom stereocenters. The molecule has 8 heteroatoms. The van der Waals surface area contributed by atoms with Crippen molar-refractivity contribution in [2.45, 2.75) is 0 Å². The van der Waals surface area contributed by atoms with Gasteiger partial charge in [-0.15, -0.1) is 12.4 Å². The van der Waals surface area contributed by atoms with Crippen LogP contribution in [0.4, 0.5) is 6.01 Å². The number of anilines is 1. The second kappa shape index (κ2) is 7.33. The third-order valence-electron chi connectivity index (χ3n) is 3.44. The van der Waals surface area contributed by atoms with Gasteiger partial charge < -0.3 is 24.2 Å². The van der Waals surface area contributed by atoms with Crippen LogP contribution >= 0.6 is 12.4 Å². The summed E-state index contributed by atoms with van der Waals surface area (Å²) >= 11 is 0. The molecule has 0 aliphatic carbocycles. The Morgan fingerprint density at radius 3 is 2.55 bits per heavy atom. The predicted octanol–water partition coefficient (Wildman–Crippen LogP) is 1.59. The van der Waals surface area contributed by atoms with E-state index >= 15 is 0 Å². The maximum absolute atomic E-state index is 5.35. The SMILES string of the molecule is COc1ccc(-c2noc(N3CCNCC3)n2)cc1OC.Cl. The Kier molecular flexibility index (Phi) is 5.46. The fraction of sp³-hybridized carbons (Fsp3) is 0.429. The number of nitrogens with one attached hydrogen (secondary N) is 1. The summed E-state index contributed by atoms with van der Waals surface area (Å²) in [6, 6.07) is 6.11. The van der Waals surface area contributed by atoms with E-state index in [1.165, 1.54) is 0 Å². The molecule has 0 saturated carbocycles. The van der Waals surface area contributed by atoms with E-state index in [1.54, 1.807) is 14.2 Å². The molecule has 0 amide bonds. The van der Waals surface area contributed by atoms with Crippen LogP contribution in [0.3, 0.4) is 0 Å².